The van der Waals surface area contributed by atoms with Crippen molar-refractivity contribution in [3.8, 4) is 0 Å². The fraction of sp³-hybridized carbons (Fsp3) is 0. The molecule has 0 saturated carbocycles. The van der Waals surface area contributed by atoms with Gasteiger partial charge < -0.3 is 5.32 Å². The van der Waals surface area contributed by atoms with Crippen LogP contribution in [0.3, 0.4) is 0 Å². The molecule has 0 spiro atoms. The van der Waals surface area contributed by atoms with E-state index in [2.05, 4.69) is 5.32 Å². The molecule has 0 aliphatic rings. The van der Waals surface area contributed by atoms with E-state index in [0.717, 1.165) is 4.70 Å². The van der Waals surface area contributed by atoms with Crippen LogP contribution in [0.15, 0.2) is 48.5 Å². The Bertz CT molecular complexity index is 982. The number of hydrogen-bond donors (Lipinski definition) is 1. The van der Waals surface area contributed by atoms with Crippen LogP contribution in [-0.2, 0) is 0 Å². The average Bonchev–Trinajstić information content (AvgIpc) is 2.98. The highest BCUT2D eigenvalue weighted by Crippen LogP contribution is 2.29. The van der Waals surface area contributed by atoms with Crippen LogP contribution in [-0.4, -0.2) is 15.8 Å². The number of fused-ring (bicyclic) bond motifs is 1. The minimum absolute atomic E-state index is 0.0501. The monoisotopic (exact) mass is 343 g/mol. The van der Waals surface area contributed by atoms with E-state index in [0.29, 0.717) is 16.0 Å². The number of nitro groups is 2. The van der Waals surface area contributed by atoms with E-state index in [4.69, 9.17) is 0 Å². The fourth-order valence-corrected chi connectivity index (χ4v) is 3.08. The second-order valence-electron chi connectivity index (χ2n) is 4.85. The zero-order valence-electron chi connectivity index (χ0n) is 12.0. The smallest absolute Gasteiger partial charge is 0.271 e. The van der Waals surface area contributed by atoms with Gasteiger partial charge in [-0.1, -0.05) is 6.07 Å². The molecule has 9 heteroatoms. The number of non-ortho nitro benzene ring substituents is 2. The van der Waals surface area contributed by atoms with Crippen LogP contribution in [0, 0.1) is 20.2 Å². The van der Waals surface area contributed by atoms with E-state index < -0.39 is 15.8 Å². The lowest BCUT2D eigenvalue weighted by Gasteiger charge is -2.02. The van der Waals surface area contributed by atoms with Gasteiger partial charge >= 0.3 is 0 Å². The van der Waals surface area contributed by atoms with Gasteiger partial charge in [0.2, 0.25) is 0 Å². The van der Waals surface area contributed by atoms with Crippen LogP contribution >= 0.6 is 11.3 Å². The summed E-state index contributed by atoms with van der Waals surface area (Å²) in [6.07, 6.45) is 0. The molecule has 1 N–H and O–H groups in total. The summed E-state index contributed by atoms with van der Waals surface area (Å²) in [4.78, 5) is 33.1. The number of anilines is 1. The highest BCUT2D eigenvalue weighted by molar-refractivity contribution is 7.20. The predicted octanol–water partition coefficient (Wildman–Crippen LogP) is 3.97. The van der Waals surface area contributed by atoms with Gasteiger partial charge in [0, 0.05) is 40.0 Å². The summed E-state index contributed by atoms with van der Waals surface area (Å²) < 4.78 is 0.741. The Kier molecular flexibility index (Phi) is 3.92. The molecule has 1 aromatic heterocycles. The van der Waals surface area contributed by atoms with Gasteiger partial charge in [0.25, 0.3) is 17.3 Å². The highest BCUT2D eigenvalue weighted by Gasteiger charge is 2.14. The Morgan fingerprint density at radius 2 is 1.67 bits per heavy atom. The molecule has 24 heavy (non-hydrogen) atoms. The first-order valence-electron chi connectivity index (χ1n) is 6.68. The molecule has 1 heterocycles. The van der Waals surface area contributed by atoms with Gasteiger partial charge in [-0.2, -0.15) is 0 Å². The van der Waals surface area contributed by atoms with Crippen molar-refractivity contribution in [2.45, 2.75) is 0 Å². The van der Waals surface area contributed by atoms with Crippen LogP contribution in [0.5, 0.6) is 0 Å². The van der Waals surface area contributed by atoms with Crippen molar-refractivity contribution >= 4 is 44.4 Å². The first-order chi connectivity index (χ1) is 11.4. The summed E-state index contributed by atoms with van der Waals surface area (Å²) in [7, 11) is 0. The largest absolute Gasteiger partial charge is 0.321 e. The second-order valence-corrected chi connectivity index (χ2v) is 5.94. The Hall–Kier alpha value is -3.33. The zero-order valence-corrected chi connectivity index (χ0v) is 12.8. The van der Waals surface area contributed by atoms with Gasteiger partial charge in [0.1, 0.15) is 0 Å². The minimum Gasteiger partial charge on any atom is -0.321 e. The number of rotatable bonds is 4. The van der Waals surface area contributed by atoms with E-state index in [9.17, 15) is 25.0 Å². The maximum atomic E-state index is 12.3. The van der Waals surface area contributed by atoms with Crippen LogP contribution in [0.4, 0.5) is 17.1 Å². The molecular weight excluding hydrogens is 334 g/mol. The Morgan fingerprint density at radius 3 is 2.38 bits per heavy atom. The molecule has 0 atom stereocenters. The number of carbonyl (C=O) groups is 1. The van der Waals surface area contributed by atoms with Crippen molar-refractivity contribution in [3.63, 3.8) is 0 Å². The van der Waals surface area contributed by atoms with Gasteiger partial charge in [0.15, 0.2) is 0 Å². The van der Waals surface area contributed by atoms with E-state index in [1.54, 1.807) is 18.2 Å². The zero-order chi connectivity index (χ0) is 17.3. The number of nitrogens with one attached hydrogen (secondary N) is 1. The molecule has 8 nitrogen and oxygen atoms in total. The fourth-order valence-electron chi connectivity index (χ4n) is 2.15. The van der Waals surface area contributed by atoms with E-state index in [1.165, 1.54) is 41.7 Å². The maximum Gasteiger partial charge on any atom is 0.271 e. The molecular formula is C15H9N3O5S. The lowest BCUT2D eigenvalue weighted by molar-refractivity contribution is -0.384. The quantitative estimate of drug-likeness (QED) is 0.568. The number of benzene rings is 2. The highest BCUT2D eigenvalue weighted by atomic mass is 32.1. The number of amides is 1. The van der Waals surface area contributed by atoms with Crippen molar-refractivity contribution in [3.05, 3.63) is 73.6 Å². The molecule has 120 valence electrons. The molecule has 0 saturated heterocycles. The molecule has 0 radical (unpaired) electrons. The molecule has 0 aliphatic carbocycles. The van der Waals surface area contributed by atoms with E-state index in [-0.39, 0.29) is 11.4 Å². The third kappa shape index (κ3) is 3.06. The summed E-state index contributed by atoms with van der Waals surface area (Å²) in [5.41, 5.74) is 0.128. The van der Waals surface area contributed by atoms with Gasteiger partial charge in [0.05, 0.1) is 14.7 Å². The SMILES string of the molecule is O=C(Nc1cccc([N+](=O)[O-])c1)c1cc2cc([N+](=O)[O-])ccc2s1. The summed E-state index contributed by atoms with van der Waals surface area (Å²) in [5.74, 6) is -0.431. The van der Waals surface area contributed by atoms with Gasteiger partial charge in [-0.15, -0.1) is 11.3 Å². The van der Waals surface area contributed by atoms with Crippen molar-refractivity contribution in [2.24, 2.45) is 0 Å². The summed E-state index contributed by atoms with van der Waals surface area (Å²) >= 11 is 1.19. The molecule has 3 aromatic rings. The van der Waals surface area contributed by atoms with Crippen molar-refractivity contribution < 1.29 is 14.6 Å². The van der Waals surface area contributed by atoms with Crippen LogP contribution in [0.1, 0.15) is 9.67 Å². The number of hydrogen-bond acceptors (Lipinski definition) is 6. The standard InChI is InChI=1S/C15H9N3O5S/c19-15(16-10-2-1-3-11(8-10)17(20)21)14-7-9-6-12(18(22)23)4-5-13(9)24-14/h1-8H,(H,16,19). The summed E-state index contributed by atoms with van der Waals surface area (Å²) in [6.45, 7) is 0. The molecule has 2 aromatic carbocycles. The molecule has 0 aliphatic heterocycles. The molecule has 0 bridgehead atoms. The number of carbonyl (C=O) groups excluding carboxylic acids is 1. The topological polar surface area (TPSA) is 115 Å². The molecule has 1 amide bonds. The third-order valence-electron chi connectivity index (χ3n) is 3.25. The summed E-state index contributed by atoms with van der Waals surface area (Å²) in [6, 6.07) is 11.5. The lowest BCUT2D eigenvalue weighted by atomic mass is 10.2. The van der Waals surface area contributed by atoms with E-state index in [1.807, 2.05) is 0 Å². The van der Waals surface area contributed by atoms with E-state index >= 15 is 0 Å². The Morgan fingerprint density at radius 1 is 0.958 bits per heavy atom. The number of thiophene rings is 1. The number of nitrogens with zero attached hydrogens (tertiary/aromatic N) is 2. The molecule has 0 fully saturated rings. The third-order valence-corrected chi connectivity index (χ3v) is 4.36. The normalized spacial score (nSPS) is 10.5. The Labute approximate surface area is 138 Å². The van der Waals surface area contributed by atoms with Crippen LogP contribution in [0.25, 0.3) is 10.1 Å². The average molecular weight is 343 g/mol. The van der Waals surface area contributed by atoms with Gasteiger partial charge in [-0.05, 0) is 18.2 Å². The Balaban J connectivity index is 1.87. The van der Waals surface area contributed by atoms with Gasteiger partial charge in [-0.25, -0.2) is 0 Å². The van der Waals surface area contributed by atoms with Crippen molar-refractivity contribution in [2.75, 3.05) is 5.32 Å². The van der Waals surface area contributed by atoms with Crippen molar-refractivity contribution in [1.29, 1.82) is 0 Å². The molecule has 3 rings (SSSR count). The minimum atomic E-state index is -0.547. The predicted molar refractivity (Wildman–Crippen MR) is 89.5 cm³/mol. The van der Waals surface area contributed by atoms with Gasteiger partial charge in [-0.3, -0.25) is 25.0 Å². The van der Waals surface area contributed by atoms with Crippen molar-refractivity contribution in [1.82, 2.24) is 0 Å². The summed E-state index contributed by atoms with van der Waals surface area (Å²) in [5, 5.41) is 24.7. The van der Waals surface area contributed by atoms with Crippen LogP contribution in [0.2, 0.25) is 0 Å². The van der Waals surface area contributed by atoms with Crippen LogP contribution < -0.4 is 5.32 Å². The number of nitro benzene ring substituents is 2. The first-order valence-corrected chi connectivity index (χ1v) is 7.49. The maximum absolute atomic E-state index is 12.3. The molecule has 0 unspecified atom stereocenters. The second kappa shape index (κ2) is 6.05. The lowest BCUT2D eigenvalue weighted by Crippen LogP contribution is -2.10. The first kappa shape index (κ1) is 15.6.